The van der Waals surface area contributed by atoms with Gasteiger partial charge in [0.1, 0.15) is 4.88 Å². The second-order valence-electron chi connectivity index (χ2n) is 5.40. The fraction of sp³-hybridized carbons (Fsp3) is 0.636. The molecule has 2 rings (SSSR count). The molecule has 2 N–H and O–H groups in total. The second kappa shape index (κ2) is 4.74. The first-order valence-electron chi connectivity index (χ1n) is 5.79. The van der Waals surface area contributed by atoms with E-state index >= 15 is 0 Å². The normalized spacial score (nSPS) is 13.8. The third-order valence-electron chi connectivity index (χ3n) is 2.37. The van der Waals surface area contributed by atoms with E-state index in [0.29, 0.717) is 18.1 Å². The summed E-state index contributed by atoms with van der Waals surface area (Å²) in [5.74, 6) is 1.10. The lowest BCUT2D eigenvalue weighted by molar-refractivity contribution is 0.419. The number of nitrogens with two attached hydrogens (primary N) is 1. The molecule has 0 spiro atoms. The molecule has 2 aromatic rings. The van der Waals surface area contributed by atoms with Crippen molar-refractivity contribution >= 4 is 11.5 Å². The summed E-state index contributed by atoms with van der Waals surface area (Å²) in [6, 6.07) is 0.0112. The maximum absolute atomic E-state index is 5.71. The molecule has 2 aromatic heterocycles. The summed E-state index contributed by atoms with van der Waals surface area (Å²) >= 11 is 1.27. The first kappa shape index (κ1) is 13.1. The monoisotopic (exact) mass is 267 g/mol. The van der Waals surface area contributed by atoms with Crippen LogP contribution in [-0.4, -0.2) is 25.8 Å². The van der Waals surface area contributed by atoms with Gasteiger partial charge in [-0.3, -0.25) is 0 Å². The van der Waals surface area contributed by atoms with Crippen LogP contribution in [0.1, 0.15) is 39.2 Å². The minimum atomic E-state index is -0.0991. The van der Waals surface area contributed by atoms with Gasteiger partial charge < -0.3 is 10.3 Å². The fourth-order valence-corrected chi connectivity index (χ4v) is 2.34. The molecule has 1 atom stereocenters. The standard InChI is InChI=1S/C11H17N5OS/c1-6(12)5-7-13-10(17-15-7)8-9(11(2,3)4)14-16-18-8/h6H,5,12H2,1-4H3. The van der Waals surface area contributed by atoms with Gasteiger partial charge in [0.2, 0.25) is 0 Å². The van der Waals surface area contributed by atoms with Crippen LogP contribution in [0, 0.1) is 0 Å². The summed E-state index contributed by atoms with van der Waals surface area (Å²) in [6.07, 6.45) is 0.598. The van der Waals surface area contributed by atoms with Crippen molar-refractivity contribution in [2.24, 2.45) is 5.73 Å². The number of hydrogen-bond donors (Lipinski definition) is 1. The Morgan fingerprint density at radius 1 is 1.39 bits per heavy atom. The molecule has 1 unspecified atom stereocenters. The minimum absolute atomic E-state index is 0.0112. The predicted octanol–water partition coefficient (Wildman–Crippen LogP) is 1.78. The average Bonchev–Trinajstić information content (AvgIpc) is 2.81. The zero-order chi connectivity index (χ0) is 13.3. The molecular formula is C11H17N5OS. The van der Waals surface area contributed by atoms with Crippen LogP contribution in [0.25, 0.3) is 10.8 Å². The van der Waals surface area contributed by atoms with Crippen LogP contribution in [0.2, 0.25) is 0 Å². The number of hydrogen-bond acceptors (Lipinski definition) is 7. The molecule has 0 fully saturated rings. The lowest BCUT2D eigenvalue weighted by Gasteiger charge is -2.14. The Morgan fingerprint density at radius 3 is 2.72 bits per heavy atom. The Hall–Kier alpha value is -1.34. The van der Waals surface area contributed by atoms with Crippen molar-refractivity contribution in [2.45, 2.75) is 45.6 Å². The van der Waals surface area contributed by atoms with Gasteiger partial charge in [0.25, 0.3) is 5.89 Å². The summed E-state index contributed by atoms with van der Waals surface area (Å²) in [6.45, 7) is 8.14. The van der Waals surface area contributed by atoms with E-state index in [4.69, 9.17) is 10.3 Å². The van der Waals surface area contributed by atoms with Crippen LogP contribution in [-0.2, 0) is 11.8 Å². The van der Waals surface area contributed by atoms with Gasteiger partial charge in [-0.15, -0.1) is 5.10 Å². The fourth-order valence-electron chi connectivity index (χ4n) is 1.54. The first-order valence-corrected chi connectivity index (χ1v) is 6.56. The van der Waals surface area contributed by atoms with Gasteiger partial charge in [-0.2, -0.15) is 4.98 Å². The average molecular weight is 267 g/mol. The molecule has 0 saturated carbocycles. The van der Waals surface area contributed by atoms with E-state index in [9.17, 15) is 0 Å². The van der Waals surface area contributed by atoms with E-state index in [-0.39, 0.29) is 11.5 Å². The van der Waals surface area contributed by atoms with E-state index in [1.165, 1.54) is 11.5 Å². The van der Waals surface area contributed by atoms with Crippen molar-refractivity contribution in [3.8, 4) is 10.8 Å². The smallest absolute Gasteiger partial charge is 0.271 e. The zero-order valence-electron chi connectivity index (χ0n) is 11.0. The van der Waals surface area contributed by atoms with Gasteiger partial charge in [-0.05, 0) is 18.5 Å². The first-order chi connectivity index (χ1) is 8.38. The molecular weight excluding hydrogens is 250 g/mol. The van der Waals surface area contributed by atoms with E-state index in [1.54, 1.807) is 0 Å². The summed E-state index contributed by atoms with van der Waals surface area (Å²) in [5, 5.41) is 8.07. The van der Waals surface area contributed by atoms with Crippen molar-refractivity contribution in [3.63, 3.8) is 0 Å². The van der Waals surface area contributed by atoms with Crippen LogP contribution in [0.4, 0.5) is 0 Å². The van der Waals surface area contributed by atoms with E-state index in [2.05, 4.69) is 40.5 Å². The maximum atomic E-state index is 5.71. The van der Waals surface area contributed by atoms with Crippen LogP contribution in [0.3, 0.4) is 0 Å². The Kier molecular flexibility index (Phi) is 3.45. The van der Waals surface area contributed by atoms with E-state index in [1.807, 2.05) is 6.92 Å². The Morgan fingerprint density at radius 2 is 2.11 bits per heavy atom. The predicted molar refractivity (Wildman–Crippen MR) is 69.3 cm³/mol. The summed E-state index contributed by atoms with van der Waals surface area (Å²) in [5.41, 5.74) is 6.49. The van der Waals surface area contributed by atoms with Crippen molar-refractivity contribution in [1.29, 1.82) is 0 Å². The molecule has 2 heterocycles. The van der Waals surface area contributed by atoms with Crippen LogP contribution >= 0.6 is 11.5 Å². The van der Waals surface area contributed by atoms with E-state index in [0.717, 1.165) is 10.6 Å². The van der Waals surface area contributed by atoms with Crippen LogP contribution in [0.5, 0.6) is 0 Å². The largest absolute Gasteiger partial charge is 0.333 e. The highest BCUT2D eigenvalue weighted by Gasteiger charge is 2.26. The minimum Gasteiger partial charge on any atom is -0.333 e. The quantitative estimate of drug-likeness (QED) is 0.911. The molecule has 0 saturated heterocycles. The Labute approximate surface area is 110 Å². The topological polar surface area (TPSA) is 90.7 Å². The zero-order valence-corrected chi connectivity index (χ0v) is 11.8. The van der Waals surface area contributed by atoms with Crippen molar-refractivity contribution in [3.05, 3.63) is 11.5 Å². The maximum Gasteiger partial charge on any atom is 0.271 e. The third-order valence-corrected chi connectivity index (χ3v) is 3.08. The van der Waals surface area contributed by atoms with Gasteiger partial charge in [0.05, 0.1) is 5.69 Å². The van der Waals surface area contributed by atoms with Crippen LogP contribution in [0.15, 0.2) is 4.52 Å². The lowest BCUT2D eigenvalue weighted by Crippen LogP contribution is -2.18. The molecule has 0 aliphatic carbocycles. The number of aromatic nitrogens is 4. The molecule has 7 heteroatoms. The van der Waals surface area contributed by atoms with Crippen molar-refractivity contribution in [1.82, 2.24) is 19.7 Å². The van der Waals surface area contributed by atoms with Crippen LogP contribution < -0.4 is 5.73 Å². The van der Waals surface area contributed by atoms with Gasteiger partial charge in [0.15, 0.2) is 5.82 Å². The molecule has 98 valence electrons. The molecule has 18 heavy (non-hydrogen) atoms. The van der Waals surface area contributed by atoms with Gasteiger partial charge >= 0.3 is 0 Å². The molecule has 0 aromatic carbocycles. The molecule has 0 bridgehead atoms. The Balaban J connectivity index is 2.32. The van der Waals surface area contributed by atoms with Crippen molar-refractivity contribution in [2.75, 3.05) is 0 Å². The number of nitrogens with zero attached hydrogens (tertiary/aromatic N) is 4. The summed E-state index contributed by atoms with van der Waals surface area (Å²) in [7, 11) is 0. The highest BCUT2D eigenvalue weighted by molar-refractivity contribution is 7.09. The SMILES string of the molecule is CC(N)Cc1noc(-c2snnc2C(C)(C)C)n1. The van der Waals surface area contributed by atoms with Crippen molar-refractivity contribution < 1.29 is 4.52 Å². The third kappa shape index (κ3) is 2.73. The number of rotatable bonds is 3. The Bertz CT molecular complexity index is 526. The molecule has 0 aliphatic rings. The highest BCUT2D eigenvalue weighted by Crippen LogP contribution is 2.32. The molecule has 6 nitrogen and oxygen atoms in total. The molecule has 0 aliphatic heterocycles. The van der Waals surface area contributed by atoms with E-state index < -0.39 is 0 Å². The summed E-state index contributed by atoms with van der Waals surface area (Å²) in [4.78, 5) is 5.18. The van der Waals surface area contributed by atoms with Gasteiger partial charge in [-0.25, -0.2) is 0 Å². The van der Waals surface area contributed by atoms with Gasteiger partial charge in [-0.1, -0.05) is 30.4 Å². The molecule has 0 radical (unpaired) electrons. The summed E-state index contributed by atoms with van der Waals surface area (Å²) < 4.78 is 9.23. The second-order valence-corrected chi connectivity index (χ2v) is 6.15. The molecule has 0 amide bonds. The van der Waals surface area contributed by atoms with Gasteiger partial charge in [0, 0.05) is 17.9 Å². The highest BCUT2D eigenvalue weighted by atomic mass is 32.1. The lowest BCUT2D eigenvalue weighted by atomic mass is 9.91.